The largest absolute Gasteiger partial charge is 0.497 e. The van der Waals surface area contributed by atoms with Crippen LogP contribution in [-0.4, -0.2) is 27.5 Å². The Morgan fingerprint density at radius 2 is 1.93 bits per heavy atom. The van der Waals surface area contributed by atoms with Crippen LogP contribution in [0.2, 0.25) is 5.02 Å². The van der Waals surface area contributed by atoms with Gasteiger partial charge >= 0.3 is 6.18 Å². The molecule has 2 aromatic heterocycles. The zero-order valence-electron chi connectivity index (χ0n) is 15.1. The van der Waals surface area contributed by atoms with Gasteiger partial charge in [-0.2, -0.15) is 13.2 Å². The summed E-state index contributed by atoms with van der Waals surface area (Å²) in [6.07, 6.45) is -4.46. The molecule has 9 heteroatoms. The topological polar surface area (TPSA) is 48.5 Å². The van der Waals surface area contributed by atoms with Gasteiger partial charge in [-0.1, -0.05) is 11.6 Å². The van der Waals surface area contributed by atoms with Gasteiger partial charge in [0.1, 0.15) is 11.3 Å². The lowest BCUT2D eigenvalue weighted by Gasteiger charge is -2.15. The number of halogens is 4. The molecule has 0 aliphatic carbocycles. The van der Waals surface area contributed by atoms with E-state index in [-0.39, 0.29) is 16.9 Å². The Bertz CT molecular complexity index is 1090. The molecule has 0 N–H and O–H groups in total. The summed E-state index contributed by atoms with van der Waals surface area (Å²) in [4.78, 5) is 12.9. The maximum Gasteiger partial charge on any atom is 0.395 e. The highest BCUT2D eigenvalue weighted by Crippen LogP contribution is 2.37. The minimum Gasteiger partial charge on any atom is -0.497 e. The number of ether oxygens (including phenoxy) is 1. The summed E-state index contributed by atoms with van der Waals surface area (Å²) in [6, 6.07) is 6.23. The van der Waals surface area contributed by atoms with E-state index < -0.39 is 17.7 Å². The summed E-state index contributed by atoms with van der Waals surface area (Å²) in [7, 11) is 2.95. The maximum atomic E-state index is 13.2. The third-order valence-corrected chi connectivity index (χ3v) is 4.89. The van der Waals surface area contributed by atoms with Crippen molar-refractivity contribution in [1.82, 2.24) is 14.2 Å². The molecule has 144 valence electrons. The van der Waals surface area contributed by atoms with Crippen molar-refractivity contribution in [1.29, 1.82) is 0 Å². The van der Waals surface area contributed by atoms with Crippen LogP contribution in [0.5, 0.6) is 5.75 Å². The first kappa shape index (κ1) is 19.3. The molecule has 0 aliphatic rings. The average Bonchev–Trinajstić information content (AvgIpc) is 2.93. The molecule has 0 radical (unpaired) electrons. The Hall–Kier alpha value is -2.48. The number of rotatable bonds is 3. The summed E-state index contributed by atoms with van der Waals surface area (Å²) in [5, 5.41) is 4.70. The third kappa shape index (κ3) is 3.18. The number of hydrogen-bond donors (Lipinski definition) is 0. The Balaban J connectivity index is 2.30. The van der Waals surface area contributed by atoms with Crippen LogP contribution < -0.4 is 10.3 Å². The van der Waals surface area contributed by atoms with E-state index in [1.54, 1.807) is 25.1 Å². The van der Waals surface area contributed by atoms with E-state index in [0.717, 1.165) is 6.92 Å². The van der Waals surface area contributed by atoms with Crippen LogP contribution in [0.3, 0.4) is 0 Å². The summed E-state index contributed by atoms with van der Waals surface area (Å²) in [6.45, 7) is 2.63. The van der Waals surface area contributed by atoms with Crippen LogP contribution >= 0.6 is 11.6 Å². The predicted octanol–water partition coefficient (Wildman–Crippen LogP) is 4.34. The normalized spacial score (nSPS) is 13.2. The number of hydrogen-bond acceptors (Lipinski definition) is 3. The minimum atomic E-state index is -4.46. The molecule has 0 bridgehead atoms. The molecule has 1 unspecified atom stereocenters. The Morgan fingerprint density at radius 1 is 1.26 bits per heavy atom. The molecule has 1 atom stereocenters. The number of aromatic nitrogens is 3. The average molecular weight is 400 g/mol. The van der Waals surface area contributed by atoms with Crippen LogP contribution in [0.1, 0.15) is 24.1 Å². The number of benzene rings is 1. The van der Waals surface area contributed by atoms with Crippen LogP contribution in [0, 0.1) is 6.92 Å². The van der Waals surface area contributed by atoms with Crippen molar-refractivity contribution in [2.75, 3.05) is 7.11 Å². The molecule has 0 fully saturated rings. The standard InChI is InChI=1S/C18H17ClF3N3O2/c1-9-7-13(10(2)18(20,21)22)15-17(26)24(3)16(23-25(9)15)12-6-5-11(27-4)8-14(12)19/h5-8,10H,1-4H3. The van der Waals surface area contributed by atoms with E-state index in [2.05, 4.69) is 5.10 Å². The van der Waals surface area contributed by atoms with Gasteiger partial charge in [0.15, 0.2) is 5.82 Å². The fourth-order valence-electron chi connectivity index (χ4n) is 2.96. The highest BCUT2D eigenvalue weighted by molar-refractivity contribution is 6.33. The monoisotopic (exact) mass is 399 g/mol. The second-order valence-corrected chi connectivity index (χ2v) is 6.71. The third-order valence-electron chi connectivity index (χ3n) is 4.58. The molecular formula is C18H17ClF3N3O2. The lowest BCUT2D eigenvalue weighted by molar-refractivity contribution is -0.146. The van der Waals surface area contributed by atoms with E-state index in [1.807, 2.05) is 0 Å². The van der Waals surface area contributed by atoms with Gasteiger partial charge in [-0.3, -0.25) is 9.36 Å². The first-order chi connectivity index (χ1) is 12.6. The smallest absolute Gasteiger partial charge is 0.395 e. The zero-order valence-corrected chi connectivity index (χ0v) is 15.8. The van der Waals surface area contributed by atoms with Gasteiger partial charge in [-0.25, -0.2) is 4.52 Å². The number of aryl methyl sites for hydroxylation is 1. The second kappa shape index (κ2) is 6.60. The van der Waals surface area contributed by atoms with E-state index in [4.69, 9.17) is 16.3 Å². The van der Waals surface area contributed by atoms with Gasteiger partial charge in [-0.05, 0) is 43.7 Å². The van der Waals surface area contributed by atoms with Crippen molar-refractivity contribution in [3.8, 4) is 17.1 Å². The molecule has 0 saturated heterocycles. The van der Waals surface area contributed by atoms with Crippen molar-refractivity contribution in [2.45, 2.75) is 25.9 Å². The van der Waals surface area contributed by atoms with Gasteiger partial charge in [0.2, 0.25) is 0 Å². The van der Waals surface area contributed by atoms with Gasteiger partial charge < -0.3 is 4.74 Å². The van der Waals surface area contributed by atoms with Crippen LogP contribution in [0.4, 0.5) is 13.2 Å². The minimum absolute atomic E-state index is 0.0896. The Morgan fingerprint density at radius 3 is 2.48 bits per heavy atom. The number of methoxy groups -OCH3 is 1. The van der Waals surface area contributed by atoms with Crippen molar-refractivity contribution < 1.29 is 17.9 Å². The highest BCUT2D eigenvalue weighted by atomic mass is 35.5. The molecule has 0 saturated carbocycles. The number of alkyl halides is 3. The summed E-state index contributed by atoms with van der Waals surface area (Å²) >= 11 is 6.28. The molecule has 0 aliphatic heterocycles. The van der Waals surface area contributed by atoms with Crippen LogP contribution in [-0.2, 0) is 7.05 Å². The first-order valence-corrected chi connectivity index (χ1v) is 8.44. The van der Waals surface area contributed by atoms with Gasteiger partial charge in [-0.15, -0.1) is 5.10 Å². The van der Waals surface area contributed by atoms with Gasteiger partial charge in [0.05, 0.1) is 18.1 Å². The first-order valence-electron chi connectivity index (χ1n) is 8.06. The fourth-order valence-corrected chi connectivity index (χ4v) is 3.21. The zero-order chi connectivity index (χ0) is 20.1. The van der Waals surface area contributed by atoms with Crippen molar-refractivity contribution in [3.05, 3.63) is 50.9 Å². The molecular weight excluding hydrogens is 383 g/mol. The maximum absolute atomic E-state index is 13.2. The number of fused-ring (bicyclic) bond motifs is 1. The SMILES string of the molecule is COc1ccc(-c2nn3c(C)cc(C(C)C(F)(F)F)c3c(=O)n2C)c(Cl)c1. The molecule has 5 nitrogen and oxygen atoms in total. The summed E-state index contributed by atoms with van der Waals surface area (Å²) in [5.41, 5.74) is 0.136. The molecule has 0 amide bonds. The molecule has 3 rings (SSSR count). The molecule has 2 heterocycles. The van der Waals surface area contributed by atoms with Gasteiger partial charge in [0.25, 0.3) is 5.56 Å². The Kier molecular flexibility index (Phi) is 4.71. The highest BCUT2D eigenvalue weighted by Gasteiger charge is 2.39. The molecule has 1 aromatic carbocycles. The second-order valence-electron chi connectivity index (χ2n) is 6.30. The van der Waals surface area contributed by atoms with Gasteiger partial charge in [0, 0.05) is 18.3 Å². The quantitative estimate of drug-likeness (QED) is 0.658. The van der Waals surface area contributed by atoms with E-state index >= 15 is 0 Å². The Labute approximate surface area is 157 Å². The number of nitrogens with zero attached hydrogens (tertiary/aromatic N) is 3. The lowest BCUT2D eigenvalue weighted by Crippen LogP contribution is -2.26. The van der Waals surface area contributed by atoms with E-state index in [9.17, 15) is 18.0 Å². The van der Waals surface area contributed by atoms with E-state index in [1.165, 1.54) is 29.3 Å². The van der Waals surface area contributed by atoms with E-state index in [0.29, 0.717) is 22.0 Å². The summed E-state index contributed by atoms with van der Waals surface area (Å²) < 4.78 is 47.2. The molecule has 27 heavy (non-hydrogen) atoms. The predicted molar refractivity (Wildman–Crippen MR) is 96.6 cm³/mol. The fraction of sp³-hybridized carbons (Fsp3) is 0.333. The molecule has 3 aromatic rings. The van der Waals surface area contributed by atoms with Crippen molar-refractivity contribution >= 4 is 17.1 Å². The van der Waals surface area contributed by atoms with Crippen LogP contribution in [0.15, 0.2) is 29.1 Å². The molecule has 0 spiro atoms. The van der Waals surface area contributed by atoms with Crippen LogP contribution in [0.25, 0.3) is 16.9 Å². The van der Waals surface area contributed by atoms with Crippen molar-refractivity contribution in [3.63, 3.8) is 0 Å². The van der Waals surface area contributed by atoms with Crippen molar-refractivity contribution in [2.24, 2.45) is 7.05 Å². The lowest BCUT2D eigenvalue weighted by atomic mass is 10.0. The summed E-state index contributed by atoms with van der Waals surface area (Å²) in [5.74, 6) is -1.01.